The second kappa shape index (κ2) is 14.2. The first-order valence-electron chi connectivity index (χ1n) is 15.8. The highest BCUT2D eigenvalue weighted by Gasteiger charge is 2.25. The molecule has 0 radical (unpaired) electrons. The van der Waals surface area contributed by atoms with Crippen molar-refractivity contribution in [2.24, 2.45) is 0 Å². The van der Waals surface area contributed by atoms with Gasteiger partial charge in [-0.15, -0.1) is 0 Å². The summed E-state index contributed by atoms with van der Waals surface area (Å²) in [5.41, 5.74) is 8.08. The van der Waals surface area contributed by atoms with Gasteiger partial charge < -0.3 is 18.9 Å². The lowest BCUT2D eigenvalue weighted by Gasteiger charge is -2.35. The number of allylic oxidation sites excluding steroid dienone is 4. The van der Waals surface area contributed by atoms with Gasteiger partial charge in [-0.1, -0.05) is 30.4 Å². The van der Waals surface area contributed by atoms with Gasteiger partial charge in [-0.25, -0.2) is 0 Å². The van der Waals surface area contributed by atoms with Gasteiger partial charge in [0.1, 0.15) is 36.9 Å². The molecule has 4 aliphatic rings. The third kappa shape index (κ3) is 7.65. The van der Waals surface area contributed by atoms with Gasteiger partial charge in [-0.3, -0.25) is 9.80 Å². The molecule has 0 amide bonds. The van der Waals surface area contributed by atoms with Crippen molar-refractivity contribution in [2.75, 3.05) is 52.6 Å². The van der Waals surface area contributed by atoms with Gasteiger partial charge in [-0.05, 0) is 100 Å². The average molecular weight is 575 g/mol. The molecule has 2 aliphatic carbocycles. The van der Waals surface area contributed by atoms with Gasteiger partial charge in [0, 0.05) is 43.8 Å². The molecule has 42 heavy (non-hydrogen) atoms. The smallest absolute Gasteiger partial charge is 0.127 e. The second-order valence-electron chi connectivity index (χ2n) is 12.6. The zero-order chi connectivity index (χ0) is 29.6. The fourth-order valence-electron chi connectivity index (χ4n) is 6.24. The number of rotatable bonds is 8. The van der Waals surface area contributed by atoms with E-state index in [0.29, 0.717) is 25.3 Å². The molecule has 2 heterocycles. The summed E-state index contributed by atoms with van der Waals surface area (Å²) in [7, 11) is 0. The minimum absolute atomic E-state index is 0.169. The van der Waals surface area contributed by atoms with E-state index < -0.39 is 0 Å². The molecule has 2 aromatic carbocycles. The molecule has 2 unspecified atom stereocenters. The van der Waals surface area contributed by atoms with Crippen molar-refractivity contribution in [1.82, 2.24) is 9.80 Å². The number of ether oxygens (including phenoxy) is 4. The van der Waals surface area contributed by atoms with E-state index in [1.807, 2.05) is 0 Å². The van der Waals surface area contributed by atoms with Crippen LogP contribution in [-0.4, -0.2) is 86.7 Å². The quantitative estimate of drug-likeness (QED) is 0.370. The van der Waals surface area contributed by atoms with Gasteiger partial charge in [0.15, 0.2) is 0 Å². The van der Waals surface area contributed by atoms with Crippen molar-refractivity contribution in [1.29, 1.82) is 0 Å². The molecule has 6 nitrogen and oxygen atoms in total. The van der Waals surface area contributed by atoms with Crippen molar-refractivity contribution in [3.05, 3.63) is 70.8 Å². The summed E-state index contributed by atoms with van der Waals surface area (Å²) in [6, 6.07) is 13.9. The minimum Gasteiger partial charge on any atom is -0.491 e. The average Bonchev–Trinajstić information content (AvgIpc) is 3.57. The summed E-state index contributed by atoms with van der Waals surface area (Å²) in [6.45, 7) is 20.1. The van der Waals surface area contributed by atoms with Crippen LogP contribution in [0.25, 0.3) is 11.1 Å². The highest BCUT2D eigenvalue weighted by atomic mass is 16.5. The lowest BCUT2D eigenvalue weighted by molar-refractivity contribution is -0.0564. The van der Waals surface area contributed by atoms with Crippen LogP contribution in [0.15, 0.2) is 48.6 Å². The molecule has 228 valence electrons. The Morgan fingerprint density at radius 2 is 1.38 bits per heavy atom. The maximum atomic E-state index is 6.09. The first-order valence-corrected chi connectivity index (χ1v) is 15.8. The highest BCUT2D eigenvalue weighted by Crippen LogP contribution is 2.35. The Morgan fingerprint density at radius 3 is 2.05 bits per heavy atom. The zero-order valence-electron chi connectivity index (χ0n) is 26.5. The van der Waals surface area contributed by atoms with Crippen LogP contribution in [0.3, 0.4) is 0 Å². The standard InChI is InChI=1S/2C18H25NO2/c1-13(2)19-8-9-20-17(11-19)12-21-16-7-6-15-5-4-14(3)18(15)10-16;1-13(2)19-9-10-20-16(11-19)12-21-17-6-4-5-15-8-7-14(3)18(15)17/h4,6-7,10,13,17H,5,8-9,11-12H2,1-3H3;4-7,13,16H,8-12H2,1-3H3. The van der Waals surface area contributed by atoms with Crippen LogP contribution >= 0.6 is 0 Å². The molecule has 2 aromatic rings. The van der Waals surface area contributed by atoms with Crippen molar-refractivity contribution < 1.29 is 18.9 Å². The molecule has 2 fully saturated rings. The fourth-order valence-corrected chi connectivity index (χ4v) is 6.24. The van der Waals surface area contributed by atoms with E-state index >= 15 is 0 Å². The van der Waals surface area contributed by atoms with E-state index in [9.17, 15) is 0 Å². The number of fused-ring (bicyclic) bond motifs is 2. The van der Waals surface area contributed by atoms with Gasteiger partial charge in [0.25, 0.3) is 0 Å². The Morgan fingerprint density at radius 1 is 0.762 bits per heavy atom. The van der Waals surface area contributed by atoms with Crippen LogP contribution in [0.5, 0.6) is 11.5 Å². The van der Waals surface area contributed by atoms with Gasteiger partial charge >= 0.3 is 0 Å². The van der Waals surface area contributed by atoms with Gasteiger partial charge in [-0.2, -0.15) is 0 Å². The van der Waals surface area contributed by atoms with E-state index in [1.165, 1.54) is 33.4 Å². The van der Waals surface area contributed by atoms with Crippen LogP contribution in [0.2, 0.25) is 0 Å². The third-order valence-electron chi connectivity index (χ3n) is 8.93. The molecule has 0 spiro atoms. The Balaban J connectivity index is 0.000000168. The molecule has 2 saturated heterocycles. The summed E-state index contributed by atoms with van der Waals surface area (Å²) < 4.78 is 23.7. The molecule has 0 saturated carbocycles. The largest absolute Gasteiger partial charge is 0.491 e. The summed E-state index contributed by atoms with van der Waals surface area (Å²) in [4.78, 5) is 4.91. The first kappa shape index (κ1) is 30.8. The number of benzene rings is 2. The zero-order valence-corrected chi connectivity index (χ0v) is 26.5. The topological polar surface area (TPSA) is 43.4 Å². The summed E-state index contributed by atoms with van der Waals surface area (Å²) >= 11 is 0. The van der Waals surface area contributed by atoms with E-state index in [-0.39, 0.29) is 12.2 Å². The van der Waals surface area contributed by atoms with E-state index in [0.717, 1.165) is 63.7 Å². The van der Waals surface area contributed by atoms with Crippen LogP contribution < -0.4 is 9.47 Å². The molecule has 0 bridgehead atoms. The molecular formula is C36H50N2O4. The Labute approximate surface area is 253 Å². The normalized spacial score (nSPS) is 22.3. The van der Waals surface area contributed by atoms with Crippen LogP contribution in [0.1, 0.15) is 63.8 Å². The second-order valence-corrected chi connectivity index (χ2v) is 12.6. The molecule has 0 aromatic heterocycles. The minimum atomic E-state index is 0.169. The number of morpholine rings is 2. The maximum Gasteiger partial charge on any atom is 0.127 e. The Hall–Kier alpha value is -2.64. The first-order chi connectivity index (χ1) is 20.3. The van der Waals surface area contributed by atoms with Crippen LogP contribution in [-0.2, 0) is 22.3 Å². The predicted octanol–water partition coefficient (Wildman–Crippen LogP) is 6.27. The van der Waals surface area contributed by atoms with E-state index in [1.54, 1.807) is 0 Å². The lowest BCUT2D eigenvalue weighted by Crippen LogP contribution is -2.47. The third-order valence-corrected chi connectivity index (χ3v) is 8.93. The van der Waals surface area contributed by atoms with Crippen molar-refractivity contribution in [3.63, 3.8) is 0 Å². The molecule has 2 atom stereocenters. The van der Waals surface area contributed by atoms with Gasteiger partial charge in [0.2, 0.25) is 0 Å². The van der Waals surface area contributed by atoms with E-state index in [4.69, 9.17) is 18.9 Å². The Kier molecular flexibility index (Phi) is 10.4. The van der Waals surface area contributed by atoms with Crippen molar-refractivity contribution in [2.45, 2.75) is 78.7 Å². The number of hydrogen-bond donors (Lipinski definition) is 0. The SMILES string of the molecule is CC1=CCc2ccc(OCC3CN(C(C)C)CCO3)cc21.CC1=CCc2cccc(OCC3CN(C(C)C)CCO3)c21. The maximum absolute atomic E-state index is 6.09. The lowest BCUT2D eigenvalue weighted by atomic mass is 10.1. The predicted molar refractivity (Wildman–Crippen MR) is 171 cm³/mol. The fraction of sp³-hybridized carbons (Fsp3) is 0.556. The highest BCUT2D eigenvalue weighted by molar-refractivity contribution is 5.76. The van der Waals surface area contributed by atoms with Crippen LogP contribution in [0, 0.1) is 0 Å². The monoisotopic (exact) mass is 574 g/mol. The van der Waals surface area contributed by atoms with E-state index in [2.05, 4.69) is 99.9 Å². The number of hydrogen-bond acceptors (Lipinski definition) is 6. The molecular weight excluding hydrogens is 524 g/mol. The van der Waals surface area contributed by atoms with Crippen molar-refractivity contribution in [3.8, 4) is 11.5 Å². The molecule has 2 aliphatic heterocycles. The summed E-state index contributed by atoms with van der Waals surface area (Å²) in [5, 5.41) is 0. The summed E-state index contributed by atoms with van der Waals surface area (Å²) in [5.74, 6) is 1.96. The molecule has 0 N–H and O–H groups in total. The number of nitrogens with zero attached hydrogens (tertiary/aromatic N) is 2. The summed E-state index contributed by atoms with van der Waals surface area (Å²) in [6.07, 6.45) is 6.97. The molecule has 6 rings (SSSR count). The molecule has 6 heteroatoms. The van der Waals surface area contributed by atoms with Gasteiger partial charge in [0.05, 0.1) is 13.2 Å². The Bertz CT molecular complexity index is 1270. The van der Waals surface area contributed by atoms with Crippen molar-refractivity contribution >= 4 is 11.1 Å². The van der Waals surface area contributed by atoms with Crippen LogP contribution in [0.4, 0.5) is 0 Å².